The number of rotatable bonds is 5. The largest absolute Gasteiger partial charge is 0.354 e. The molecule has 0 amide bonds. The molecule has 0 aliphatic carbocycles. The third-order valence-corrected chi connectivity index (χ3v) is 4.05. The molecule has 0 spiro atoms. The Morgan fingerprint density at radius 3 is 2.64 bits per heavy atom. The number of nitrogens with one attached hydrogen (secondary N) is 1. The SMILES string of the molecule is Cn1cc(C(=O)Cc2ccncc2Nc2ccc(Cl)cc2)ccc1=O. The fourth-order valence-corrected chi connectivity index (χ4v) is 2.54. The highest BCUT2D eigenvalue weighted by Crippen LogP contribution is 2.22. The third kappa shape index (κ3) is 4.14. The molecule has 0 aliphatic rings. The van der Waals surface area contributed by atoms with Crippen molar-refractivity contribution in [1.29, 1.82) is 0 Å². The average Bonchev–Trinajstić information content (AvgIpc) is 2.61. The van der Waals surface area contributed by atoms with Crippen molar-refractivity contribution in [2.75, 3.05) is 5.32 Å². The van der Waals surface area contributed by atoms with E-state index in [1.807, 2.05) is 12.1 Å². The first-order valence-corrected chi connectivity index (χ1v) is 8.06. The maximum absolute atomic E-state index is 12.5. The van der Waals surface area contributed by atoms with E-state index >= 15 is 0 Å². The van der Waals surface area contributed by atoms with Crippen LogP contribution in [0.1, 0.15) is 15.9 Å². The van der Waals surface area contributed by atoms with Gasteiger partial charge >= 0.3 is 0 Å². The van der Waals surface area contributed by atoms with Crippen LogP contribution in [0.5, 0.6) is 0 Å². The minimum absolute atomic E-state index is 0.0686. The van der Waals surface area contributed by atoms with Gasteiger partial charge in [0.05, 0.1) is 11.9 Å². The lowest BCUT2D eigenvalue weighted by molar-refractivity contribution is 0.0992. The summed E-state index contributed by atoms with van der Waals surface area (Å²) in [6.45, 7) is 0. The van der Waals surface area contributed by atoms with Crippen molar-refractivity contribution in [2.45, 2.75) is 6.42 Å². The van der Waals surface area contributed by atoms with Crippen molar-refractivity contribution in [3.8, 4) is 0 Å². The van der Waals surface area contributed by atoms with Gasteiger partial charge in [-0.05, 0) is 42.0 Å². The van der Waals surface area contributed by atoms with E-state index in [9.17, 15) is 9.59 Å². The molecule has 0 bridgehead atoms. The lowest BCUT2D eigenvalue weighted by Gasteiger charge is -2.11. The van der Waals surface area contributed by atoms with E-state index in [-0.39, 0.29) is 17.8 Å². The molecule has 0 saturated heterocycles. The zero-order valence-electron chi connectivity index (χ0n) is 13.6. The number of carbonyl (C=O) groups excluding carboxylic acids is 1. The van der Waals surface area contributed by atoms with E-state index in [2.05, 4.69) is 10.3 Å². The van der Waals surface area contributed by atoms with Crippen LogP contribution < -0.4 is 10.9 Å². The van der Waals surface area contributed by atoms with Crippen LogP contribution in [0.25, 0.3) is 0 Å². The first-order chi connectivity index (χ1) is 12.0. The van der Waals surface area contributed by atoms with Gasteiger partial charge in [0.15, 0.2) is 5.78 Å². The van der Waals surface area contributed by atoms with Crippen molar-refractivity contribution in [1.82, 2.24) is 9.55 Å². The Morgan fingerprint density at radius 1 is 1.16 bits per heavy atom. The highest BCUT2D eigenvalue weighted by atomic mass is 35.5. The summed E-state index contributed by atoms with van der Waals surface area (Å²) in [5.74, 6) is -0.0686. The highest BCUT2D eigenvalue weighted by Gasteiger charge is 2.11. The molecular weight excluding hydrogens is 338 g/mol. The van der Waals surface area contributed by atoms with Gasteiger partial charge in [-0.15, -0.1) is 0 Å². The minimum atomic E-state index is -0.148. The molecule has 0 unspecified atom stereocenters. The van der Waals surface area contributed by atoms with Crippen LogP contribution in [0.15, 0.2) is 65.8 Å². The quantitative estimate of drug-likeness (QED) is 0.712. The van der Waals surface area contributed by atoms with Gasteiger partial charge in [-0.25, -0.2) is 0 Å². The Morgan fingerprint density at radius 2 is 1.92 bits per heavy atom. The smallest absolute Gasteiger partial charge is 0.250 e. The Kier molecular flexibility index (Phi) is 4.95. The molecule has 1 N–H and O–H groups in total. The molecule has 25 heavy (non-hydrogen) atoms. The molecule has 6 heteroatoms. The summed E-state index contributed by atoms with van der Waals surface area (Å²) in [4.78, 5) is 28.1. The average molecular weight is 354 g/mol. The number of pyridine rings is 2. The van der Waals surface area contributed by atoms with Crippen LogP contribution in [0.2, 0.25) is 5.02 Å². The second-order valence-electron chi connectivity index (χ2n) is 5.63. The standard InChI is InChI=1S/C19H16ClN3O2/c1-23-12-14(2-7-19(23)25)18(24)10-13-8-9-21-11-17(13)22-16-5-3-15(20)4-6-16/h2-9,11-12,22H,10H2,1H3. The summed E-state index contributed by atoms with van der Waals surface area (Å²) >= 11 is 5.90. The molecule has 1 aromatic carbocycles. The maximum atomic E-state index is 12.5. The molecule has 2 heterocycles. The summed E-state index contributed by atoms with van der Waals surface area (Å²) in [5.41, 5.74) is 2.78. The fraction of sp³-hybridized carbons (Fsp3) is 0.105. The van der Waals surface area contributed by atoms with Crippen LogP contribution >= 0.6 is 11.6 Å². The lowest BCUT2D eigenvalue weighted by Crippen LogP contribution is -2.17. The lowest BCUT2D eigenvalue weighted by atomic mass is 10.0. The molecule has 0 saturated carbocycles. The van der Waals surface area contributed by atoms with E-state index < -0.39 is 0 Å². The number of anilines is 2. The Hall–Kier alpha value is -2.92. The van der Waals surface area contributed by atoms with Gasteiger partial charge in [0.2, 0.25) is 5.56 Å². The molecule has 3 rings (SSSR count). The predicted molar refractivity (Wildman–Crippen MR) is 98.7 cm³/mol. The Bertz CT molecular complexity index is 965. The van der Waals surface area contributed by atoms with Crippen LogP contribution in [-0.2, 0) is 13.5 Å². The van der Waals surface area contributed by atoms with Crippen molar-refractivity contribution in [2.24, 2.45) is 7.05 Å². The molecule has 0 atom stereocenters. The molecule has 5 nitrogen and oxygen atoms in total. The van der Waals surface area contributed by atoms with Gasteiger partial charge in [0, 0.05) is 48.2 Å². The first kappa shape index (κ1) is 16.9. The van der Waals surface area contributed by atoms with Crippen LogP contribution in [0.4, 0.5) is 11.4 Å². The molecule has 0 radical (unpaired) electrons. The number of hydrogen-bond acceptors (Lipinski definition) is 4. The van der Waals surface area contributed by atoms with Crippen molar-refractivity contribution in [3.63, 3.8) is 0 Å². The number of benzene rings is 1. The summed E-state index contributed by atoms with van der Waals surface area (Å²) in [6.07, 6.45) is 5.09. The fourth-order valence-electron chi connectivity index (χ4n) is 2.41. The molecular formula is C19H16ClN3O2. The summed E-state index contributed by atoms with van der Waals surface area (Å²) in [7, 11) is 1.62. The maximum Gasteiger partial charge on any atom is 0.250 e. The Balaban J connectivity index is 1.82. The minimum Gasteiger partial charge on any atom is -0.354 e. The van der Waals surface area contributed by atoms with Gasteiger partial charge in [-0.1, -0.05) is 11.6 Å². The van der Waals surface area contributed by atoms with E-state index in [0.29, 0.717) is 10.6 Å². The van der Waals surface area contributed by atoms with Crippen molar-refractivity contribution >= 4 is 28.8 Å². The van der Waals surface area contributed by atoms with Gasteiger partial charge in [0.25, 0.3) is 0 Å². The predicted octanol–water partition coefficient (Wildman–Crippen LogP) is 3.60. The van der Waals surface area contributed by atoms with Gasteiger partial charge in [0.1, 0.15) is 0 Å². The zero-order valence-corrected chi connectivity index (χ0v) is 14.3. The van der Waals surface area contributed by atoms with Crippen molar-refractivity contribution < 1.29 is 4.79 Å². The second-order valence-corrected chi connectivity index (χ2v) is 6.07. The summed E-state index contributed by atoms with van der Waals surface area (Å²) < 4.78 is 1.40. The molecule has 3 aromatic rings. The Labute approximate surface area is 149 Å². The van der Waals surface area contributed by atoms with Crippen LogP contribution in [-0.4, -0.2) is 15.3 Å². The monoisotopic (exact) mass is 353 g/mol. The van der Waals surface area contributed by atoms with Gasteiger partial charge in [-0.3, -0.25) is 14.6 Å². The number of nitrogens with zero attached hydrogens (tertiary/aromatic N) is 2. The first-order valence-electron chi connectivity index (χ1n) is 7.68. The zero-order chi connectivity index (χ0) is 17.8. The number of ketones is 1. The second kappa shape index (κ2) is 7.32. The van der Waals surface area contributed by atoms with E-state index in [4.69, 9.17) is 11.6 Å². The van der Waals surface area contributed by atoms with Gasteiger partial charge in [-0.2, -0.15) is 0 Å². The topological polar surface area (TPSA) is 64.0 Å². The highest BCUT2D eigenvalue weighted by molar-refractivity contribution is 6.30. The number of hydrogen-bond donors (Lipinski definition) is 1. The number of Topliss-reactive ketones (excluding diaryl/α,β-unsaturated/α-hetero) is 1. The van der Waals surface area contributed by atoms with Crippen LogP contribution in [0, 0.1) is 0 Å². The number of halogens is 1. The van der Waals surface area contributed by atoms with Crippen molar-refractivity contribution in [3.05, 3.63) is 87.6 Å². The van der Waals surface area contributed by atoms with E-state index in [1.165, 1.54) is 10.6 Å². The molecule has 0 aliphatic heterocycles. The van der Waals surface area contributed by atoms with Crippen LogP contribution in [0.3, 0.4) is 0 Å². The van der Waals surface area contributed by atoms with Gasteiger partial charge < -0.3 is 9.88 Å². The number of carbonyl (C=O) groups is 1. The molecule has 2 aromatic heterocycles. The molecule has 126 valence electrons. The summed E-state index contributed by atoms with van der Waals surface area (Å²) in [6, 6.07) is 12.0. The molecule has 0 fully saturated rings. The third-order valence-electron chi connectivity index (χ3n) is 3.79. The summed E-state index contributed by atoms with van der Waals surface area (Å²) in [5, 5.41) is 3.90. The normalized spacial score (nSPS) is 10.5. The van der Waals surface area contributed by atoms with E-state index in [1.54, 1.807) is 49.9 Å². The number of aromatic nitrogens is 2. The number of aryl methyl sites for hydroxylation is 1. The van der Waals surface area contributed by atoms with E-state index in [0.717, 1.165) is 16.9 Å².